The van der Waals surface area contributed by atoms with E-state index in [2.05, 4.69) is 6.07 Å². The minimum atomic E-state index is -0.971. The second kappa shape index (κ2) is 5.69. The highest BCUT2D eigenvalue weighted by molar-refractivity contribution is 5.87. The number of carboxylic acid groups (broad SMARTS) is 1. The first-order valence-corrected chi connectivity index (χ1v) is 5.65. The molecule has 94 valence electrons. The van der Waals surface area contributed by atoms with E-state index in [0.29, 0.717) is 11.3 Å². The van der Waals surface area contributed by atoms with Gasteiger partial charge >= 0.3 is 5.97 Å². The first kappa shape index (κ1) is 12.7. The highest BCUT2D eigenvalue weighted by atomic mass is 16.5. The second-order valence-electron chi connectivity index (χ2n) is 3.89. The number of benzene rings is 2. The molecule has 0 aliphatic carbocycles. The van der Waals surface area contributed by atoms with Crippen LogP contribution in [0, 0.1) is 11.3 Å². The molecule has 0 aromatic heterocycles. The van der Waals surface area contributed by atoms with Gasteiger partial charge in [0.2, 0.25) is 0 Å². The summed E-state index contributed by atoms with van der Waals surface area (Å²) in [4.78, 5) is 10.7. The van der Waals surface area contributed by atoms with Crippen molar-refractivity contribution in [2.45, 2.75) is 6.61 Å². The van der Waals surface area contributed by atoms with Gasteiger partial charge in [0.25, 0.3) is 0 Å². The molecule has 0 aliphatic rings. The van der Waals surface area contributed by atoms with Crippen molar-refractivity contribution in [3.05, 3.63) is 65.2 Å². The zero-order chi connectivity index (χ0) is 13.7. The van der Waals surface area contributed by atoms with Gasteiger partial charge < -0.3 is 9.84 Å². The summed E-state index contributed by atoms with van der Waals surface area (Å²) in [6.07, 6.45) is 0. The monoisotopic (exact) mass is 253 g/mol. The van der Waals surface area contributed by atoms with E-state index in [9.17, 15) is 4.79 Å². The molecule has 19 heavy (non-hydrogen) atoms. The van der Waals surface area contributed by atoms with Crippen LogP contribution in [0.1, 0.15) is 21.5 Å². The molecule has 0 unspecified atom stereocenters. The lowest BCUT2D eigenvalue weighted by Gasteiger charge is -2.07. The first-order chi connectivity index (χ1) is 9.20. The van der Waals surface area contributed by atoms with Gasteiger partial charge in [-0.15, -0.1) is 0 Å². The third-order valence-electron chi connectivity index (χ3n) is 2.63. The van der Waals surface area contributed by atoms with Crippen LogP contribution >= 0.6 is 0 Å². The Bertz CT molecular complexity index is 627. The molecule has 2 rings (SSSR count). The topological polar surface area (TPSA) is 70.3 Å². The van der Waals surface area contributed by atoms with Gasteiger partial charge in [0, 0.05) is 5.56 Å². The van der Waals surface area contributed by atoms with Crippen molar-refractivity contribution < 1.29 is 14.6 Å². The van der Waals surface area contributed by atoms with Crippen LogP contribution in [0.3, 0.4) is 0 Å². The molecule has 0 radical (unpaired) electrons. The zero-order valence-corrected chi connectivity index (χ0v) is 10.0. The van der Waals surface area contributed by atoms with Crippen molar-refractivity contribution in [1.82, 2.24) is 0 Å². The molecular weight excluding hydrogens is 242 g/mol. The van der Waals surface area contributed by atoms with E-state index in [1.165, 1.54) is 12.1 Å². The Morgan fingerprint density at radius 2 is 1.84 bits per heavy atom. The fourth-order valence-corrected chi connectivity index (χ4v) is 1.61. The van der Waals surface area contributed by atoms with Crippen LogP contribution in [0.15, 0.2) is 48.5 Å². The summed E-state index contributed by atoms with van der Waals surface area (Å²) in [6.45, 7) is 0.274. The standard InChI is InChI=1S/C15H11NO3/c16-9-12-3-1-2-4-13(12)10-19-14-7-5-11(6-8-14)15(17)18/h1-8H,10H2,(H,17,18). The van der Waals surface area contributed by atoms with Gasteiger partial charge in [-0.3, -0.25) is 0 Å². The quantitative estimate of drug-likeness (QED) is 0.909. The van der Waals surface area contributed by atoms with Crippen LogP contribution in [-0.4, -0.2) is 11.1 Å². The van der Waals surface area contributed by atoms with Crippen molar-refractivity contribution in [1.29, 1.82) is 5.26 Å². The van der Waals surface area contributed by atoms with Gasteiger partial charge in [-0.1, -0.05) is 18.2 Å². The third kappa shape index (κ3) is 3.11. The minimum absolute atomic E-state index is 0.213. The lowest BCUT2D eigenvalue weighted by molar-refractivity contribution is 0.0697. The number of hydrogen-bond donors (Lipinski definition) is 1. The molecule has 2 aromatic rings. The van der Waals surface area contributed by atoms with Gasteiger partial charge in [0.1, 0.15) is 12.4 Å². The molecule has 1 N–H and O–H groups in total. The fraction of sp³-hybridized carbons (Fsp3) is 0.0667. The summed E-state index contributed by atoms with van der Waals surface area (Å²) in [7, 11) is 0. The van der Waals surface area contributed by atoms with E-state index in [4.69, 9.17) is 15.1 Å². The molecule has 0 saturated heterocycles. The Morgan fingerprint density at radius 3 is 2.47 bits per heavy atom. The van der Waals surface area contributed by atoms with Crippen molar-refractivity contribution in [2.24, 2.45) is 0 Å². The van der Waals surface area contributed by atoms with E-state index in [-0.39, 0.29) is 12.2 Å². The summed E-state index contributed by atoms with van der Waals surface area (Å²) in [5, 5.41) is 17.7. The number of ether oxygens (including phenoxy) is 1. The SMILES string of the molecule is N#Cc1ccccc1COc1ccc(C(=O)O)cc1. The number of carboxylic acids is 1. The summed E-state index contributed by atoms with van der Waals surface area (Å²) in [5.41, 5.74) is 1.58. The molecule has 2 aromatic carbocycles. The summed E-state index contributed by atoms with van der Waals surface area (Å²) < 4.78 is 5.53. The van der Waals surface area contributed by atoms with Crippen LogP contribution in [0.25, 0.3) is 0 Å². The molecule has 0 aliphatic heterocycles. The predicted molar refractivity (Wildman–Crippen MR) is 68.9 cm³/mol. The van der Waals surface area contributed by atoms with Gasteiger partial charge in [-0.2, -0.15) is 5.26 Å². The average Bonchev–Trinajstić information content (AvgIpc) is 2.45. The van der Waals surface area contributed by atoms with E-state index in [1.807, 2.05) is 12.1 Å². The third-order valence-corrected chi connectivity index (χ3v) is 2.63. The van der Waals surface area contributed by atoms with Crippen LogP contribution in [0.2, 0.25) is 0 Å². The van der Waals surface area contributed by atoms with E-state index >= 15 is 0 Å². The highest BCUT2D eigenvalue weighted by Gasteiger charge is 2.04. The lowest BCUT2D eigenvalue weighted by Crippen LogP contribution is -1.99. The Kier molecular flexibility index (Phi) is 3.79. The van der Waals surface area contributed by atoms with E-state index in [0.717, 1.165) is 5.56 Å². The van der Waals surface area contributed by atoms with Gasteiger partial charge in [-0.05, 0) is 30.3 Å². The van der Waals surface area contributed by atoms with Crippen LogP contribution < -0.4 is 4.74 Å². The Balaban J connectivity index is 2.06. The molecule has 0 saturated carbocycles. The predicted octanol–water partition coefficient (Wildman–Crippen LogP) is 2.84. The smallest absolute Gasteiger partial charge is 0.335 e. The van der Waals surface area contributed by atoms with Gasteiger partial charge in [0.05, 0.1) is 17.2 Å². The maximum Gasteiger partial charge on any atom is 0.335 e. The normalized spacial score (nSPS) is 9.63. The number of rotatable bonds is 4. The van der Waals surface area contributed by atoms with Crippen molar-refractivity contribution in [3.63, 3.8) is 0 Å². The van der Waals surface area contributed by atoms with Crippen molar-refractivity contribution in [3.8, 4) is 11.8 Å². The Hall–Kier alpha value is -2.80. The van der Waals surface area contributed by atoms with Gasteiger partial charge in [0.15, 0.2) is 0 Å². The molecular formula is C15H11NO3. The largest absolute Gasteiger partial charge is 0.489 e. The van der Waals surface area contributed by atoms with Crippen molar-refractivity contribution in [2.75, 3.05) is 0 Å². The Morgan fingerprint density at radius 1 is 1.16 bits per heavy atom. The number of aromatic carboxylic acids is 1. The molecule has 0 bridgehead atoms. The van der Waals surface area contributed by atoms with Crippen LogP contribution in [0.5, 0.6) is 5.75 Å². The summed E-state index contributed by atoms with van der Waals surface area (Å²) in [5.74, 6) is -0.404. The van der Waals surface area contributed by atoms with E-state index < -0.39 is 5.97 Å². The number of nitrogens with zero attached hydrogens (tertiary/aromatic N) is 1. The highest BCUT2D eigenvalue weighted by Crippen LogP contribution is 2.15. The summed E-state index contributed by atoms with van der Waals surface area (Å²) in [6, 6.07) is 15.4. The van der Waals surface area contributed by atoms with E-state index in [1.54, 1.807) is 24.3 Å². The Labute approximate surface area is 110 Å². The maximum absolute atomic E-state index is 10.7. The van der Waals surface area contributed by atoms with Crippen molar-refractivity contribution >= 4 is 5.97 Å². The minimum Gasteiger partial charge on any atom is -0.489 e. The number of nitriles is 1. The maximum atomic E-state index is 10.7. The molecule has 0 atom stereocenters. The lowest BCUT2D eigenvalue weighted by atomic mass is 10.1. The molecule has 0 fully saturated rings. The van der Waals surface area contributed by atoms with Crippen LogP contribution in [-0.2, 0) is 6.61 Å². The second-order valence-corrected chi connectivity index (χ2v) is 3.89. The summed E-state index contributed by atoms with van der Waals surface area (Å²) >= 11 is 0. The van der Waals surface area contributed by atoms with Gasteiger partial charge in [-0.25, -0.2) is 4.79 Å². The molecule has 4 heteroatoms. The number of hydrogen-bond acceptors (Lipinski definition) is 3. The molecule has 0 amide bonds. The van der Waals surface area contributed by atoms with Crippen LogP contribution in [0.4, 0.5) is 0 Å². The first-order valence-electron chi connectivity index (χ1n) is 5.65. The zero-order valence-electron chi connectivity index (χ0n) is 10.0. The molecule has 0 spiro atoms. The molecule has 4 nitrogen and oxygen atoms in total. The number of carbonyl (C=O) groups is 1. The fourth-order valence-electron chi connectivity index (χ4n) is 1.61. The molecule has 0 heterocycles. The average molecular weight is 253 g/mol.